The molecule has 0 aliphatic heterocycles. The van der Waals surface area contributed by atoms with E-state index in [1.165, 1.54) is 12.1 Å². The van der Waals surface area contributed by atoms with Crippen molar-refractivity contribution in [1.82, 2.24) is 5.32 Å². The zero-order valence-corrected chi connectivity index (χ0v) is 19.6. The molecule has 0 amide bonds. The Bertz CT molecular complexity index is 1120. The highest BCUT2D eigenvalue weighted by Gasteiger charge is 2.33. The summed E-state index contributed by atoms with van der Waals surface area (Å²) in [5.74, 6) is -12.1. The average Bonchev–Trinajstić information content (AvgIpc) is 2.80. The normalized spacial score (nSPS) is 13.4. The molecule has 186 valence electrons. The number of nitriles is 1. The quantitative estimate of drug-likeness (QED) is 0.219. The Balaban J connectivity index is 2.15. The molecule has 5 nitrogen and oxygen atoms in total. The zero-order valence-electron chi connectivity index (χ0n) is 18.8. The maximum absolute atomic E-state index is 14.0. The minimum Gasteiger partial charge on any atom is -0.310 e. The van der Waals surface area contributed by atoms with Crippen molar-refractivity contribution in [1.29, 1.82) is 5.26 Å². The lowest BCUT2D eigenvalue weighted by molar-refractivity contribution is 0.358. The third kappa shape index (κ3) is 6.67. The molecule has 2 aromatic rings. The Kier molecular flexibility index (Phi) is 9.82. The van der Waals surface area contributed by atoms with Gasteiger partial charge in [-0.2, -0.15) is 5.26 Å². The summed E-state index contributed by atoms with van der Waals surface area (Å²) < 4.78 is 95.4. The fourth-order valence-electron chi connectivity index (χ4n) is 3.35. The molecule has 0 aliphatic rings. The largest absolute Gasteiger partial charge is 0.310 e. The van der Waals surface area contributed by atoms with E-state index in [1.807, 2.05) is 11.6 Å². The van der Waals surface area contributed by atoms with Gasteiger partial charge in [0.25, 0.3) is 10.0 Å². The van der Waals surface area contributed by atoms with Gasteiger partial charge < -0.3 is 5.32 Å². The summed E-state index contributed by atoms with van der Waals surface area (Å²) in [5, 5.41) is 12.4. The fraction of sp³-hybridized carbons (Fsp3) is 0.435. The minimum absolute atomic E-state index is 0.0303. The van der Waals surface area contributed by atoms with Gasteiger partial charge in [0.2, 0.25) is 5.82 Å². The van der Waals surface area contributed by atoms with Crippen molar-refractivity contribution in [2.75, 3.05) is 4.72 Å². The number of nitrogens with one attached hydrogen (secondary N) is 2. The van der Waals surface area contributed by atoms with E-state index in [-0.39, 0.29) is 24.2 Å². The number of rotatable bonds is 12. The Morgan fingerprint density at radius 2 is 1.53 bits per heavy atom. The maximum atomic E-state index is 14.0. The molecule has 0 saturated heterocycles. The second kappa shape index (κ2) is 12.1. The number of unbranched alkanes of at least 4 members (excludes halogenated alkanes) is 1. The molecule has 0 radical (unpaired) electrons. The van der Waals surface area contributed by atoms with Gasteiger partial charge in [0, 0.05) is 18.5 Å². The van der Waals surface area contributed by atoms with Crippen molar-refractivity contribution in [3.63, 3.8) is 0 Å². The number of hydrogen-bond donors (Lipinski definition) is 2. The molecular weight excluding hydrogens is 477 g/mol. The van der Waals surface area contributed by atoms with Crippen LogP contribution in [0, 0.1) is 46.3 Å². The molecule has 11 heteroatoms. The van der Waals surface area contributed by atoms with Gasteiger partial charge in [0.05, 0.1) is 11.8 Å². The molecule has 0 spiro atoms. The van der Waals surface area contributed by atoms with Gasteiger partial charge in [-0.05, 0) is 37.8 Å². The Labute approximate surface area is 196 Å². The molecule has 0 bridgehead atoms. The van der Waals surface area contributed by atoms with E-state index in [9.17, 15) is 35.6 Å². The summed E-state index contributed by atoms with van der Waals surface area (Å²) >= 11 is 0. The monoisotopic (exact) mass is 503 g/mol. The van der Waals surface area contributed by atoms with Crippen molar-refractivity contribution in [2.45, 2.75) is 63.4 Å². The highest BCUT2D eigenvalue weighted by atomic mass is 32.2. The van der Waals surface area contributed by atoms with E-state index in [2.05, 4.69) is 18.3 Å². The number of para-hydroxylation sites is 1. The van der Waals surface area contributed by atoms with Crippen LogP contribution in [-0.2, 0) is 16.6 Å². The van der Waals surface area contributed by atoms with Gasteiger partial charge in [-0.1, -0.05) is 38.0 Å². The summed E-state index contributed by atoms with van der Waals surface area (Å²) in [7, 11) is -5.14. The molecule has 0 aliphatic carbocycles. The standard InChI is InChI=1S/C23H26F5N3O2S/c1-3-4-7-15(12-29)11-10-14(2)30-13-16-8-5-6-9-17(16)31-34(32,33)23-21(27)19(25)18(24)20(26)22(23)28/h5-6,8-9,14-15,30-31H,3-4,7,10-11,13H2,1-2H3/t14-,15?/m0/s1. The van der Waals surface area contributed by atoms with Crippen LogP contribution in [0.3, 0.4) is 0 Å². The van der Waals surface area contributed by atoms with Crippen LogP contribution >= 0.6 is 0 Å². The van der Waals surface area contributed by atoms with Gasteiger partial charge in [-0.15, -0.1) is 0 Å². The van der Waals surface area contributed by atoms with Gasteiger partial charge in [-0.25, -0.2) is 30.4 Å². The molecule has 0 aromatic heterocycles. The van der Waals surface area contributed by atoms with E-state index in [0.717, 1.165) is 19.3 Å². The summed E-state index contributed by atoms with van der Waals surface area (Å²) in [4.78, 5) is -1.95. The van der Waals surface area contributed by atoms with Crippen LogP contribution in [0.15, 0.2) is 29.2 Å². The van der Waals surface area contributed by atoms with Crippen LogP contribution in [0.4, 0.5) is 27.6 Å². The lowest BCUT2D eigenvalue weighted by Gasteiger charge is -2.18. The topological polar surface area (TPSA) is 82.0 Å². The average molecular weight is 504 g/mol. The SMILES string of the molecule is CCCCC(C#N)CC[C@H](C)NCc1ccccc1NS(=O)(=O)c1c(F)c(F)c(F)c(F)c1F. The Morgan fingerprint density at radius 3 is 2.12 bits per heavy atom. The van der Waals surface area contributed by atoms with E-state index in [0.29, 0.717) is 18.4 Å². The lowest BCUT2D eigenvalue weighted by atomic mass is 9.96. The molecular formula is C23H26F5N3O2S. The van der Waals surface area contributed by atoms with Crippen molar-refractivity contribution in [3.05, 3.63) is 58.9 Å². The number of halogens is 5. The van der Waals surface area contributed by atoms with Gasteiger partial charge in [0.1, 0.15) is 0 Å². The first-order chi connectivity index (χ1) is 16.0. The van der Waals surface area contributed by atoms with E-state index < -0.39 is 44.0 Å². The molecule has 34 heavy (non-hydrogen) atoms. The zero-order chi connectivity index (χ0) is 25.5. The Morgan fingerprint density at radius 1 is 0.941 bits per heavy atom. The van der Waals surface area contributed by atoms with E-state index in [1.54, 1.807) is 12.1 Å². The second-order valence-corrected chi connectivity index (χ2v) is 9.61. The molecule has 2 atom stereocenters. The second-order valence-electron chi connectivity index (χ2n) is 7.99. The van der Waals surface area contributed by atoms with Crippen LogP contribution in [-0.4, -0.2) is 14.5 Å². The van der Waals surface area contributed by atoms with Gasteiger partial charge >= 0.3 is 0 Å². The number of anilines is 1. The van der Waals surface area contributed by atoms with Crippen LogP contribution in [0.2, 0.25) is 0 Å². The number of benzene rings is 2. The third-order valence-corrected chi connectivity index (χ3v) is 6.76. The molecule has 2 aromatic carbocycles. The molecule has 2 rings (SSSR count). The van der Waals surface area contributed by atoms with Crippen LogP contribution < -0.4 is 10.0 Å². The maximum Gasteiger partial charge on any atom is 0.268 e. The first-order valence-corrected chi connectivity index (χ1v) is 12.3. The van der Waals surface area contributed by atoms with Crippen molar-refractivity contribution in [2.24, 2.45) is 5.92 Å². The smallest absolute Gasteiger partial charge is 0.268 e. The third-order valence-electron chi connectivity index (χ3n) is 5.38. The summed E-state index contributed by atoms with van der Waals surface area (Å²) in [6.07, 6.45) is 4.18. The number of nitrogens with zero attached hydrogens (tertiary/aromatic N) is 1. The van der Waals surface area contributed by atoms with Crippen LogP contribution in [0.1, 0.15) is 51.5 Å². The van der Waals surface area contributed by atoms with E-state index in [4.69, 9.17) is 0 Å². The van der Waals surface area contributed by atoms with Gasteiger partial charge in [0.15, 0.2) is 28.2 Å². The van der Waals surface area contributed by atoms with Crippen molar-refractivity contribution in [3.8, 4) is 6.07 Å². The number of sulfonamides is 1. The molecule has 0 fully saturated rings. The molecule has 1 unspecified atom stereocenters. The van der Waals surface area contributed by atoms with Crippen molar-refractivity contribution >= 4 is 15.7 Å². The molecule has 0 heterocycles. The van der Waals surface area contributed by atoms with Crippen LogP contribution in [0.25, 0.3) is 0 Å². The minimum atomic E-state index is -5.14. The summed E-state index contributed by atoms with van der Waals surface area (Å²) in [5.41, 5.74) is 0.314. The molecule has 2 N–H and O–H groups in total. The first-order valence-electron chi connectivity index (χ1n) is 10.8. The predicted molar refractivity (Wildman–Crippen MR) is 118 cm³/mol. The molecule has 0 saturated carbocycles. The highest BCUT2D eigenvalue weighted by Crippen LogP contribution is 2.29. The van der Waals surface area contributed by atoms with Crippen LogP contribution in [0.5, 0.6) is 0 Å². The van der Waals surface area contributed by atoms with Crippen molar-refractivity contribution < 1.29 is 30.4 Å². The summed E-state index contributed by atoms with van der Waals surface area (Å²) in [6.45, 7) is 4.11. The Hall–Kier alpha value is -2.71. The van der Waals surface area contributed by atoms with E-state index >= 15 is 0 Å². The predicted octanol–water partition coefficient (Wildman–Crippen LogP) is 5.77. The first kappa shape index (κ1) is 27.5. The lowest BCUT2D eigenvalue weighted by Crippen LogP contribution is -2.27. The van der Waals surface area contributed by atoms with Gasteiger partial charge in [-0.3, -0.25) is 4.72 Å². The highest BCUT2D eigenvalue weighted by molar-refractivity contribution is 7.92. The fourth-order valence-corrected chi connectivity index (χ4v) is 4.59. The number of hydrogen-bond acceptors (Lipinski definition) is 4. The summed E-state index contributed by atoms with van der Waals surface area (Å²) in [6, 6.07) is 8.18.